The number of nitrogens with zero attached hydrogens (tertiary/aromatic N) is 3. The van der Waals surface area contributed by atoms with E-state index in [9.17, 15) is 9.59 Å². The molecule has 2 rings (SSSR count). The van der Waals surface area contributed by atoms with E-state index in [1.54, 1.807) is 43.1 Å². The number of amides is 2. The summed E-state index contributed by atoms with van der Waals surface area (Å²) in [4.78, 5) is 26.1. The average Bonchev–Trinajstić information content (AvgIpc) is 2.91. The molecule has 0 atom stereocenters. The smallest absolute Gasteiger partial charge is 0.253 e. The summed E-state index contributed by atoms with van der Waals surface area (Å²) in [6.45, 7) is 6.71. The molecule has 2 amide bonds. The van der Waals surface area contributed by atoms with Crippen molar-refractivity contribution in [1.82, 2.24) is 14.7 Å². The van der Waals surface area contributed by atoms with E-state index < -0.39 is 0 Å². The molecule has 0 fully saturated rings. The van der Waals surface area contributed by atoms with Gasteiger partial charge in [-0.1, -0.05) is 25.4 Å². The molecule has 0 saturated carbocycles. The predicted octanol–water partition coefficient (Wildman–Crippen LogP) is 3.86. The zero-order valence-corrected chi connectivity index (χ0v) is 18.4. The molecule has 0 aliphatic carbocycles. The van der Waals surface area contributed by atoms with E-state index in [0.717, 1.165) is 5.69 Å². The maximum absolute atomic E-state index is 12.5. The number of hydrogen-bond acceptors (Lipinski definition) is 4. The van der Waals surface area contributed by atoms with Crippen molar-refractivity contribution in [2.45, 2.75) is 27.3 Å². The number of nitrogens with one attached hydrogen (secondary N) is 1. The van der Waals surface area contributed by atoms with Crippen molar-refractivity contribution < 1.29 is 14.3 Å². The Morgan fingerprint density at radius 3 is 2.62 bits per heavy atom. The summed E-state index contributed by atoms with van der Waals surface area (Å²) in [6.07, 6.45) is 3.02. The number of anilines is 1. The maximum Gasteiger partial charge on any atom is 0.253 e. The van der Waals surface area contributed by atoms with E-state index in [4.69, 9.17) is 16.3 Å². The molecule has 0 saturated heterocycles. The quantitative estimate of drug-likeness (QED) is 0.692. The van der Waals surface area contributed by atoms with Crippen LogP contribution in [0.1, 0.15) is 35.5 Å². The lowest BCUT2D eigenvalue weighted by Gasteiger charge is -2.14. The van der Waals surface area contributed by atoms with E-state index in [2.05, 4.69) is 24.3 Å². The van der Waals surface area contributed by atoms with E-state index in [-0.39, 0.29) is 11.8 Å². The van der Waals surface area contributed by atoms with Crippen molar-refractivity contribution in [3.8, 4) is 5.75 Å². The summed E-state index contributed by atoms with van der Waals surface area (Å²) >= 11 is 6.41. The lowest BCUT2D eigenvalue weighted by Crippen LogP contribution is -2.22. The molecule has 7 nitrogen and oxygen atoms in total. The van der Waals surface area contributed by atoms with Gasteiger partial charge in [0.2, 0.25) is 5.91 Å². The molecule has 1 aromatic heterocycles. The molecule has 0 aliphatic rings. The average molecular weight is 419 g/mol. The van der Waals surface area contributed by atoms with Crippen LogP contribution in [0.3, 0.4) is 0 Å². The van der Waals surface area contributed by atoms with Crippen LogP contribution in [0.5, 0.6) is 5.75 Å². The second-order valence-electron chi connectivity index (χ2n) is 7.30. The highest BCUT2D eigenvalue weighted by atomic mass is 35.5. The Kier molecular flexibility index (Phi) is 7.45. The van der Waals surface area contributed by atoms with Gasteiger partial charge in [-0.25, -0.2) is 0 Å². The first-order valence-corrected chi connectivity index (χ1v) is 9.63. The third-order valence-corrected chi connectivity index (χ3v) is 4.56. The highest BCUT2D eigenvalue weighted by Gasteiger charge is 2.14. The van der Waals surface area contributed by atoms with E-state index in [1.807, 2.05) is 6.92 Å². The fraction of sp³-hybridized carbons (Fsp3) is 0.381. The number of benzene rings is 1. The fourth-order valence-corrected chi connectivity index (χ4v) is 3.06. The molecule has 1 aromatic carbocycles. The Bertz CT molecular complexity index is 932. The van der Waals surface area contributed by atoms with Gasteiger partial charge in [0.25, 0.3) is 5.91 Å². The molecule has 1 N–H and O–H groups in total. The number of hydrogen-bond donors (Lipinski definition) is 1. The van der Waals surface area contributed by atoms with Crippen LogP contribution in [0.25, 0.3) is 6.08 Å². The van der Waals surface area contributed by atoms with Crippen LogP contribution < -0.4 is 10.1 Å². The van der Waals surface area contributed by atoms with Crippen molar-refractivity contribution >= 4 is 35.2 Å². The summed E-state index contributed by atoms with van der Waals surface area (Å²) in [5.41, 5.74) is 2.30. The number of halogens is 1. The second kappa shape index (κ2) is 9.60. The van der Waals surface area contributed by atoms with Gasteiger partial charge in [0, 0.05) is 37.8 Å². The first-order valence-electron chi connectivity index (χ1n) is 9.25. The Morgan fingerprint density at radius 1 is 1.34 bits per heavy atom. The Labute approximate surface area is 176 Å². The number of rotatable bonds is 7. The lowest BCUT2D eigenvalue weighted by atomic mass is 10.1. The zero-order chi connectivity index (χ0) is 21.7. The number of aryl methyl sites for hydroxylation is 1. The van der Waals surface area contributed by atoms with Crippen LogP contribution >= 0.6 is 11.6 Å². The van der Waals surface area contributed by atoms with E-state index in [1.165, 1.54) is 18.1 Å². The van der Waals surface area contributed by atoms with E-state index >= 15 is 0 Å². The second-order valence-corrected chi connectivity index (χ2v) is 7.66. The van der Waals surface area contributed by atoms with Crippen LogP contribution in [0.4, 0.5) is 5.69 Å². The molecular weight excluding hydrogens is 392 g/mol. The van der Waals surface area contributed by atoms with Crippen LogP contribution in [-0.4, -0.2) is 47.7 Å². The topological polar surface area (TPSA) is 76.5 Å². The van der Waals surface area contributed by atoms with Gasteiger partial charge in [0.1, 0.15) is 10.9 Å². The summed E-state index contributed by atoms with van der Waals surface area (Å²) < 4.78 is 7.02. The van der Waals surface area contributed by atoms with Gasteiger partial charge >= 0.3 is 0 Å². The van der Waals surface area contributed by atoms with Gasteiger partial charge in [-0.2, -0.15) is 5.10 Å². The third kappa shape index (κ3) is 5.60. The van der Waals surface area contributed by atoms with Crippen molar-refractivity contribution in [3.05, 3.63) is 46.2 Å². The van der Waals surface area contributed by atoms with Gasteiger partial charge in [0.15, 0.2) is 0 Å². The summed E-state index contributed by atoms with van der Waals surface area (Å²) in [5, 5.41) is 7.68. The Balaban J connectivity index is 2.22. The normalized spacial score (nSPS) is 11.2. The number of methoxy groups -OCH3 is 1. The van der Waals surface area contributed by atoms with Crippen molar-refractivity contribution in [1.29, 1.82) is 0 Å². The summed E-state index contributed by atoms with van der Waals surface area (Å²) in [6, 6.07) is 4.89. The maximum atomic E-state index is 12.5. The van der Waals surface area contributed by atoms with Crippen LogP contribution in [-0.2, 0) is 11.3 Å². The monoisotopic (exact) mass is 418 g/mol. The Morgan fingerprint density at radius 2 is 2.03 bits per heavy atom. The minimum Gasteiger partial charge on any atom is -0.495 e. The number of carbonyl (C=O) groups is 2. The minimum atomic E-state index is -0.371. The van der Waals surface area contributed by atoms with Gasteiger partial charge in [0.05, 0.1) is 18.5 Å². The number of aromatic nitrogens is 2. The van der Waals surface area contributed by atoms with Crippen LogP contribution in [0.15, 0.2) is 24.3 Å². The molecule has 1 heterocycles. The molecule has 0 spiro atoms. The minimum absolute atomic E-state index is 0.168. The molecular formula is C21H27ClN4O3. The third-order valence-electron chi connectivity index (χ3n) is 4.16. The largest absolute Gasteiger partial charge is 0.495 e. The summed E-state index contributed by atoms with van der Waals surface area (Å²) in [5.74, 6) is 0.320. The molecule has 0 bridgehead atoms. The van der Waals surface area contributed by atoms with Crippen molar-refractivity contribution in [2.24, 2.45) is 5.92 Å². The summed E-state index contributed by atoms with van der Waals surface area (Å²) in [7, 11) is 4.83. The highest BCUT2D eigenvalue weighted by Crippen LogP contribution is 2.26. The SMILES string of the molecule is COc1ccc(C(=O)N(C)C)cc1NC(=O)/C=C/c1c(C)nn(CC(C)C)c1Cl. The van der Waals surface area contributed by atoms with Gasteiger partial charge in [-0.15, -0.1) is 0 Å². The van der Waals surface area contributed by atoms with Gasteiger partial charge < -0.3 is 15.0 Å². The lowest BCUT2D eigenvalue weighted by molar-refractivity contribution is -0.111. The first-order chi connectivity index (χ1) is 13.6. The zero-order valence-electron chi connectivity index (χ0n) is 17.6. The Hall–Kier alpha value is -2.80. The van der Waals surface area contributed by atoms with Crippen molar-refractivity contribution in [3.63, 3.8) is 0 Å². The molecule has 29 heavy (non-hydrogen) atoms. The van der Waals surface area contributed by atoms with E-state index in [0.29, 0.717) is 40.2 Å². The molecule has 8 heteroatoms. The van der Waals surface area contributed by atoms with Crippen LogP contribution in [0, 0.1) is 12.8 Å². The molecule has 2 aromatic rings. The van der Waals surface area contributed by atoms with Gasteiger partial charge in [-0.05, 0) is 37.1 Å². The highest BCUT2D eigenvalue weighted by molar-refractivity contribution is 6.31. The standard InChI is InChI=1S/C21H27ClN4O3/c1-13(2)12-26-20(22)16(14(3)24-26)8-10-19(27)23-17-11-15(21(28)25(4)5)7-9-18(17)29-6/h7-11,13H,12H2,1-6H3,(H,23,27)/b10-8+. The first kappa shape index (κ1) is 22.5. The molecule has 0 radical (unpaired) electrons. The van der Waals surface area contributed by atoms with Crippen molar-refractivity contribution in [2.75, 3.05) is 26.5 Å². The number of ether oxygens (including phenoxy) is 1. The van der Waals surface area contributed by atoms with Crippen LogP contribution in [0.2, 0.25) is 5.15 Å². The predicted molar refractivity (Wildman–Crippen MR) is 115 cm³/mol. The van der Waals surface area contributed by atoms with Gasteiger partial charge in [-0.3, -0.25) is 14.3 Å². The number of carbonyl (C=O) groups excluding carboxylic acids is 2. The fourth-order valence-electron chi connectivity index (χ4n) is 2.75. The molecule has 0 unspecified atom stereocenters. The molecule has 0 aliphatic heterocycles. The molecule has 156 valence electrons.